The van der Waals surface area contributed by atoms with Crippen molar-refractivity contribution in [1.82, 2.24) is 53.5 Å². The Morgan fingerprint density at radius 2 is 1.17 bits per heavy atom. The van der Waals surface area contributed by atoms with Gasteiger partial charge in [0, 0.05) is 93.7 Å². The second kappa shape index (κ2) is 19.8. The molecule has 4 bridgehead atoms. The first-order valence-corrected chi connectivity index (χ1v) is 26.2. The lowest BCUT2D eigenvalue weighted by atomic mass is 9.85. The average Bonchev–Trinajstić information content (AvgIpc) is 3.95. The number of rotatable bonds is 8. The first-order chi connectivity index (χ1) is 37.2. The number of nitrogens with one attached hydrogen (secondary N) is 2. The number of likely N-dealkylation sites (N-methyl/N-ethyl adjacent to an activating group) is 1. The largest absolute Gasteiger partial charge is 0.384 e. The molecule has 77 heavy (non-hydrogen) atoms. The minimum Gasteiger partial charge on any atom is -0.384 e. The summed E-state index contributed by atoms with van der Waals surface area (Å²) < 4.78 is 35.4. The van der Waals surface area contributed by atoms with Crippen molar-refractivity contribution in [1.29, 1.82) is 0 Å². The third kappa shape index (κ3) is 9.74. The van der Waals surface area contributed by atoms with E-state index in [1.807, 2.05) is 59.5 Å². The zero-order valence-corrected chi connectivity index (χ0v) is 42.9. The molecular weight excluding hydrogens is 985 g/mol. The maximum Gasteiger partial charge on any atom is 0.278 e. The van der Waals surface area contributed by atoms with Crippen molar-refractivity contribution in [3.8, 4) is 11.6 Å². The van der Waals surface area contributed by atoms with Crippen LogP contribution in [-0.4, -0.2) is 116 Å². The predicted octanol–water partition coefficient (Wildman–Crippen LogP) is 7.08. The standard InChI is InChI=1S/C56H59F2N15O4/c1-54(76)21-5-3-7-25-70-51(75)42-36-60-53(66-49(42)72(70)46-13-9-11-44(54)63-46)62-43-20-19-40(68-27-23-56(57,58)24-28-68)33-37(43)34-55(77)22-6-4-8-26-71-50(74)41-35-59-52(65-48(41)73(71)47-14-10-12-45(55)64-47)61-38-15-17-39(18-16-38)69-31-29-67(2)30-32-69/h3-4,7-20,33,35-36,76-77H,5-6,21-32,34H2,1-2H3,(H,59,61,65)(H,60,62,66)/b7-3-,8-4-. The Balaban J connectivity index is 0.907. The molecule has 0 aliphatic carbocycles. The van der Waals surface area contributed by atoms with Gasteiger partial charge in [-0.2, -0.15) is 9.97 Å². The number of anilines is 6. The monoisotopic (exact) mass is 1040 g/mol. The molecule has 0 spiro atoms. The molecule has 4 N–H and O–H groups in total. The van der Waals surface area contributed by atoms with Gasteiger partial charge in [0.05, 0.1) is 24.5 Å². The Hall–Kier alpha value is -8.14. The Morgan fingerprint density at radius 1 is 0.610 bits per heavy atom. The van der Waals surface area contributed by atoms with Crippen LogP contribution in [0, 0.1) is 0 Å². The van der Waals surface area contributed by atoms with Crippen LogP contribution >= 0.6 is 0 Å². The number of piperidine rings is 1. The molecule has 0 saturated carbocycles. The van der Waals surface area contributed by atoms with Crippen LogP contribution in [0.3, 0.4) is 0 Å². The quantitative estimate of drug-likeness (QED) is 0.112. The summed E-state index contributed by atoms with van der Waals surface area (Å²) in [6, 6.07) is 24.3. The van der Waals surface area contributed by atoms with Crippen LogP contribution in [0.2, 0.25) is 0 Å². The zero-order chi connectivity index (χ0) is 53.1. The van der Waals surface area contributed by atoms with Gasteiger partial charge in [-0.15, -0.1) is 0 Å². The zero-order valence-electron chi connectivity index (χ0n) is 42.9. The summed E-state index contributed by atoms with van der Waals surface area (Å²) in [5.41, 5.74) is 1.70. The molecule has 2 atom stereocenters. The van der Waals surface area contributed by atoms with E-state index in [4.69, 9.17) is 19.9 Å². The summed E-state index contributed by atoms with van der Waals surface area (Å²) in [6.07, 6.45) is 11.7. The van der Waals surface area contributed by atoms with Gasteiger partial charge in [0.2, 0.25) is 11.9 Å². The number of hydrogen-bond donors (Lipinski definition) is 4. The summed E-state index contributed by atoms with van der Waals surface area (Å²) >= 11 is 0. The molecule has 2 fully saturated rings. The van der Waals surface area contributed by atoms with Crippen molar-refractivity contribution in [3.05, 3.63) is 153 Å². The Labute approximate surface area is 441 Å². The first kappa shape index (κ1) is 49.7. The lowest BCUT2D eigenvalue weighted by Gasteiger charge is -2.34. The van der Waals surface area contributed by atoms with Gasteiger partial charge < -0.3 is 35.5 Å². The van der Waals surface area contributed by atoms with Crippen molar-refractivity contribution in [3.63, 3.8) is 0 Å². The van der Waals surface area contributed by atoms with Gasteiger partial charge in [0.1, 0.15) is 22.0 Å². The van der Waals surface area contributed by atoms with Crippen molar-refractivity contribution >= 4 is 56.7 Å². The number of allylic oxidation sites excluding steroid dienone is 4. The number of fused-ring (bicyclic) bond motifs is 12. The van der Waals surface area contributed by atoms with Gasteiger partial charge in [0.15, 0.2) is 22.9 Å². The molecule has 4 aliphatic rings. The van der Waals surface area contributed by atoms with Crippen LogP contribution < -0.4 is 31.6 Å². The topological polar surface area (TPSA) is 205 Å². The van der Waals surface area contributed by atoms with Gasteiger partial charge in [-0.05, 0) is 112 Å². The number of hydrogen-bond acceptors (Lipinski definition) is 15. The lowest BCUT2D eigenvalue weighted by molar-refractivity contribution is -0.0220. The third-order valence-corrected chi connectivity index (χ3v) is 15.4. The van der Waals surface area contributed by atoms with Gasteiger partial charge in [-0.3, -0.25) is 9.59 Å². The molecule has 21 heteroatoms. The Morgan fingerprint density at radius 3 is 1.81 bits per heavy atom. The van der Waals surface area contributed by atoms with Gasteiger partial charge in [-0.1, -0.05) is 36.4 Å². The molecular formula is C56H59F2N15O4. The third-order valence-electron chi connectivity index (χ3n) is 15.4. The summed E-state index contributed by atoms with van der Waals surface area (Å²) in [5.74, 6) is -1.58. The number of piperazine rings is 1. The fourth-order valence-corrected chi connectivity index (χ4v) is 10.8. The van der Waals surface area contributed by atoms with E-state index in [0.717, 1.165) is 37.6 Å². The fourth-order valence-electron chi connectivity index (χ4n) is 10.8. The van der Waals surface area contributed by atoms with E-state index in [9.17, 15) is 28.6 Å². The number of nitrogens with zero attached hydrogens (tertiary/aromatic N) is 13. The molecule has 6 aromatic heterocycles. The van der Waals surface area contributed by atoms with E-state index >= 15 is 0 Å². The normalized spacial score (nSPS) is 21.6. The highest BCUT2D eigenvalue weighted by molar-refractivity contribution is 5.78. The molecule has 4 aliphatic heterocycles. The molecule has 396 valence electrons. The highest BCUT2D eigenvalue weighted by Gasteiger charge is 2.36. The minimum absolute atomic E-state index is 0.00678. The highest BCUT2D eigenvalue weighted by Crippen LogP contribution is 2.38. The predicted molar refractivity (Wildman–Crippen MR) is 291 cm³/mol. The molecule has 0 amide bonds. The van der Waals surface area contributed by atoms with E-state index in [2.05, 4.69) is 49.6 Å². The molecule has 12 rings (SSSR count). The first-order valence-electron chi connectivity index (χ1n) is 26.2. The van der Waals surface area contributed by atoms with Crippen LogP contribution in [0.5, 0.6) is 0 Å². The average molecular weight is 1040 g/mol. The lowest BCUT2D eigenvalue weighted by Crippen LogP contribution is -2.44. The van der Waals surface area contributed by atoms with Crippen LogP contribution in [0.1, 0.15) is 62.4 Å². The van der Waals surface area contributed by atoms with Crippen molar-refractivity contribution in [2.24, 2.45) is 0 Å². The van der Waals surface area contributed by atoms with Gasteiger partial charge >= 0.3 is 0 Å². The Kier molecular flexibility index (Phi) is 12.8. The van der Waals surface area contributed by atoms with Crippen LogP contribution in [-0.2, 0) is 30.7 Å². The second-order valence-corrected chi connectivity index (χ2v) is 20.8. The van der Waals surface area contributed by atoms with Crippen LogP contribution in [0.15, 0.2) is 125 Å². The molecule has 2 saturated heterocycles. The van der Waals surface area contributed by atoms with Crippen LogP contribution in [0.4, 0.5) is 43.4 Å². The van der Waals surface area contributed by atoms with Crippen molar-refractivity contribution < 1.29 is 19.0 Å². The van der Waals surface area contributed by atoms with E-state index < -0.39 is 17.1 Å². The van der Waals surface area contributed by atoms with E-state index in [1.165, 1.54) is 17.1 Å². The summed E-state index contributed by atoms with van der Waals surface area (Å²) in [7, 11) is 2.13. The SMILES string of the molecule is CN1CCN(c2ccc(Nc3ncc4c(=O)n5n(c4n3)-c3cccc(n3)C(O)(Cc3cc(N4CCC(F)(F)CC4)ccc3Nc3ncc4c(=O)n6n(c4n3)-c3cccc(n3)C(C)(O)CC/C=C\C6)CC/C=C\C5)cc2)CC1. The molecule has 8 aromatic rings. The summed E-state index contributed by atoms with van der Waals surface area (Å²) in [5, 5.41) is 31.8. The number of aliphatic hydroxyl groups is 2. The maximum absolute atomic E-state index is 14.5. The smallest absolute Gasteiger partial charge is 0.278 e. The molecule has 2 unspecified atom stereocenters. The summed E-state index contributed by atoms with van der Waals surface area (Å²) in [6.45, 7) is 6.32. The highest BCUT2D eigenvalue weighted by atomic mass is 19.3. The summed E-state index contributed by atoms with van der Waals surface area (Å²) in [4.78, 5) is 63.7. The molecule has 10 heterocycles. The van der Waals surface area contributed by atoms with Crippen molar-refractivity contribution in [2.45, 2.75) is 82.1 Å². The number of halogens is 2. The van der Waals surface area contributed by atoms with Gasteiger partial charge in [0.25, 0.3) is 17.0 Å². The maximum atomic E-state index is 14.5. The van der Waals surface area contributed by atoms with E-state index in [-0.39, 0.29) is 85.9 Å². The van der Waals surface area contributed by atoms with E-state index in [0.29, 0.717) is 70.3 Å². The number of pyridine rings is 2. The molecule has 19 nitrogen and oxygen atoms in total. The number of alkyl halides is 2. The van der Waals surface area contributed by atoms with Crippen molar-refractivity contribution in [2.75, 3.05) is 66.7 Å². The Bertz CT molecular complexity index is 3720. The van der Waals surface area contributed by atoms with Gasteiger partial charge in [-0.25, -0.2) is 47.4 Å². The minimum atomic E-state index is -2.76. The molecule has 0 radical (unpaired) electrons. The second-order valence-electron chi connectivity index (χ2n) is 20.8. The van der Waals surface area contributed by atoms with Crippen LogP contribution in [0.25, 0.3) is 33.7 Å². The fraction of sp³-hybridized carbons (Fsp3) is 0.357. The van der Waals surface area contributed by atoms with E-state index in [1.54, 1.807) is 57.4 Å². The number of benzene rings is 2. The number of aromatic nitrogens is 10. The molecule has 2 aromatic carbocycles.